The van der Waals surface area contributed by atoms with E-state index in [4.69, 9.17) is 5.73 Å². The molecule has 0 radical (unpaired) electrons. The van der Waals surface area contributed by atoms with Crippen LogP contribution >= 0.6 is 0 Å². The van der Waals surface area contributed by atoms with Crippen molar-refractivity contribution in [3.05, 3.63) is 35.1 Å². The molecule has 2 nitrogen and oxygen atoms in total. The zero-order chi connectivity index (χ0) is 12.4. The highest BCUT2D eigenvalue weighted by atomic mass is 19.1. The number of halogens is 1. The fourth-order valence-electron chi connectivity index (χ4n) is 2.49. The van der Waals surface area contributed by atoms with Crippen LogP contribution in [-0.4, -0.2) is 24.0 Å². The number of nitrogens with two attached hydrogens (primary N) is 1. The van der Waals surface area contributed by atoms with Crippen molar-refractivity contribution in [3.63, 3.8) is 0 Å². The molecule has 0 spiro atoms. The number of aryl methyl sites for hydroxylation is 1. The van der Waals surface area contributed by atoms with E-state index in [1.54, 1.807) is 6.07 Å². The summed E-state index contributed by atoms with van der Waals surface area (Å²) in [5, 5.41) is 0. The van der Waals surface area contributed by atoms with Crippen molar-refractivity contribution < 1.29 is 4.39 Å². The van der Waals surface area contributed by atoms with Gasteiger partial charge < -0.3 is 5.73 Å². The van der Waals surface area contributed by atoms with E-state index in [1.807, 2.05) is 13.0 Å². The minimum atomic E-state index is -0.145. The first kappa shape index (κ1) is 12.5. The summed E-state index contributed by atoms with van der Waals surface area (Å²) in [5.74, 6) is 0.442. The molecule has 0 saturated carbocycles. The Morgan fingerprint density at radius 1 is 1.53 bits per heavy atom. The molecule has 2 atom stereocenters. The quantitative estimate of drug-likeness (QED) is 0.872. The summed E-state index contributed by atoms with van der Waals surface area (Å²) in [6.45, 7) is 7.05. The van der Waals surface area contributed by atoms with Gasteiger partial charge in [0.1, 0.15) is 5.82 Å². The molecule has 0 aliphatic carbocycles. The minimum Gasteiger partial charge on any atom is -0.328 e. The highest BCUT2D eigenvalue weighted by Crippen LogP contribution is 2.22. The first-order valence-electron chi connectivity index (χ1n) is 6.29. The SMILES string of the molecule is Cc1ccc(F)cc1CN1CCC(C(C)N)C1. The van der Waals surface area contributed by atoms with Crippen LogP contribution in [0.15, 0.2) is 18.2 Å². The van der Waals surface area contributed by atoms with E-state index in [1.165, 1.54) is 6.07 Å². The van der Waals surface area contributed by atoms with Gasteiger partial charge in [0.15, 0.2) is 0 Å². The summed E-state index contributed by atoms with van der Waals surface area (Å²) in [6.07, 6.45) is 1.16. The van der Waals surface area contributed by atoms with Crippen LogP contribution in [0, 0.1) is 18.7 Å². The Morgan fingerprint density at radius 3 is 2.94 bits per heavy atom. The van der Waals surface area contributed by atoms with Crippen LogP contribution in [0.5, 0.6) is 0 Å². The number of hydrogen-bond acceptors (Lipinski definition) is 2. The molecule has 17 heavy (non-hydrogen) atoms. The summed E-state index contributed by atoms with van der Waals surface area (Å²) in [6, 6.07) is 5.28. The van der Waals surface area contributed by atoms with E-state index in [0.717, 1.165) is 37.2 Å². The normalized spacial score (nSPS) is 22.9. The number of benzene rings is 1. The van der Waals surface area contributed by atoms with Gasteiger partial charge in [0.05, 0.1) is 0 Å². The van der Waals surface area contributed by atoms with Gasteiger partial charge in [-0.3, -0.25) is 4.90 Å². The number of rotatable bonds is 3. The molecule has 1 aliphatic heterocycles. The van der Waals surface area contributed by atoms with E-state index in [2.05, 4.69) is 11.8 Å². The minimum absolute atomic E-state index is 0.145. The predicted molar refractivity (Wildman–Crippen MR) is 68.2 cm³/mol. The molecule has 1 aromatic carbocycles. The van der Waals surface area contributed by atoms with Gasteiger partial charge >= 0.3 is 0 Å². The van der Waals surface area contributed by atoms with Gasteiger partial charge in [0.2, 0.25) is 0 Å². The zero-order valence-corrected chi connectivity index (χ0v) is 10.6. The first-order valence-corrected chi connectivity index (χ1v) is 6.29. The fourth-order valence-corrected chi connectivity index (χ4v) is 2.49. The lowest BCUT2D eigenvalue weighted by Gasteiger charge is -2.18. The second-order valence-corrected chi connectivity index (χ2v) is 5.21. The Morgan fingerprint density at radius 2 is 2.29 bits per heavy atom. The Balaban J connectivity index is 2.00. The highest BCUT2D eigenvalue weighted by Gasteiger charge is 2.25. The molecule has 1 aromatic rings. The van der Waals surface area contributed by atoms with Crippen LogP contribution < -0.4 is 5.73 Å². The van der Waals surface area contributed by atoms with E-state index in [0.29, 0.717) is 5.92 Å². The molecule has 2 rings (SSSR count). The molecule has 1 fully saturated rings. The molecule has 0 aromatic heterocycles. The average molecular weight is 236 g/mol. The van der Waals surface area contributed by atoms with Crippen molar-refractivity contribution in [1.29, 1.82) is 0 Å². The van der Waals surface area contributed by atoms with Crippen LogP contribution in [0.1, 0.15) is 24.5 Å². The summed E-state index contributed by atoms with van der Waals surface area (Å²) < 4.78 is 13.2. The van der Waals surface area contributed by atoms with Crippen molar-refractivity contribution in [2.75, 3.05) is 13.1 Å². The van der Waals surface area contributed by atoms with Gasteiger partial charge in [-0.25, -0.2) is 4.39 Å². The van der Waals surface area contributed by atoms with Gasteiger partial charge in [-0.15, -0.1) is 0 Å². The van der Waals surface area contributed by atoms with E-state index in [9.17, 15) is 4.39 Å². The maximum absolute atomic E-state index is 13.2. The average Bonchev–Trinajstić information content (AvgIpc) is 2.72. The summed E-state index contributed by atoms with van der Waals surface area (Å²) in [4.78, 5) is 2.37. The number of likely N-dealkylation sites (tertiary alicyclic amines) is 1. The van der Waals surface area contributed by atoms with Crippen molar-refractivity contribution >= 4 is 0 Å². The van der Waals surface area contributed by atoms with E-state index >= 15 is 0 Å². The number of nitrogens with zero attached hydrogens (tertiary/aromatic N) is 1. The van der Waals surface area contributed by atoms with Crippen LogP contribution in [0.2, 0.25) is 0 Å². The van der Waals surface area contributed by atoms with Crippen LogP contribution in [0.3, 0.4) is 0 Å². The van der Waals surface area contributed by atoms with Crippen LogP contribution in [-0.2, 0) is 6.54 Å². The molecule has 0 amide bonds. The lowest BCUT2D eigenvalue weighted by molar-refractivity contribution is 0.307. The molecule has 0 bridgehead atoms. The summed E-state index contributed by atoms with van der Waals surface area (Å²) in [7, 11) is 0. The molecular weight excluding hydrogens is 215 g/mol. The van der Waals surface area contributed by atoms with Gasteiger partial charge in [-0.2, -0.15) is 0 Å². The molecule has 94 valence electrons. The van der Waals surface area contributed by atoms with Gasteiger partial charge in [-0.05, 0) is 56.0 Å². The lowest BCUT2D eigenvalue weighted by Crippen LogP contribution is -2.29. The molecule has 3 heteroatoms. The standard InChI is InChI=1S/C14H21FN2/c1-10-3-4-14(15)7-13(10)9-17-6-5-12(8-17)11(2)16/h3-4,7,11-12H,5-6,8-9,16H2,1-2H3. The maximum atomic E-state index is 13.2. The topological polar surface area (TPSA) is 29.3 Å². The first-order chi connectivity index (χ1) is 8.06. The lowest BCUT2D eigenvalue weighted by atomic mass is 10.0. The Labute approximate surface area is 103 Å². The highest BCUT2D eigenvalue weighted by molar-refractivity contribution is 5.26. The second-order valence-electron chi connectivity index (χ2n) is 5.21. The van der Waals surface area contributed by atoms with Crippen LogP contribution in [0.25, 0.3) is 0 Å². The van der Waals surface area contributed by atoms with Crippen molar-refractivity contribution in [3.8, 4) is 0 Å². The fraction of sp³-hybridized carbons (Fsp3) is 0.571. The molecular formula is C14H21FN2. The molecule has 1 heterocycles. The zero-order valence-electron chi connectivity index (χ0n) is 10.6. The monoisotopic (exact) mass is 236 g/mol. The third-order valence-electron chi connectivity index (χ3n) is 3.76. The molecule has 2 N–H and O–H groups in total. The maximum Gasteiger partial charge on any atom is 0.123 e. The van der Waals surface area contributed by atoms with Crippen molar-refractivity contribution in [2.24, 2.45) is 11.7 Å². The Bertz CT molecular complexity index is 390. The number of hydrogen-bond donors (Lipinski definition) is 1. The van der Waals surface area contributed by atoms with Crippen molar-refractivity contribution in [1.82, 2.24) is 4.90 Å². The van der Waals surface area contributed by atoms with Crippen LogP contribution in [0.4, 0.5) is 4.39 Å². The van der Waals surface area contributed by atoms with Gasteiger partial charge in [0, 0.05) is 19.1 Å². The largest absolute Gasteiger partial charge is 0.328 e. The smallest absolute Gasteiger partial charge is 0.123 e. The molecule has 2 unspecified atom stereocenters. The predicted octanol–water partition coefficient (Wildman–Crippen LogP) is 2.30. The summed E-state index contributed by atoms with van der Waals surface area (Å²) in [5.41, 5.74) is 8.18. The Hall–Kier alpha value is -0.930. The second kappa shape index (κ2) is 5.15. The Kier molecular flexibility index (Phi) is 3.79. The van der Waals surface area contributed by atoms with Crippen molar-refractivity contribution in [2.45, 2.75) is 32.9 Å². The van der Waals surface area contributed by atoms with E-state index < -0.39 is 0 Å². The molecule has 1 saturated heterocycles. The van der Waals surface area contributed by atoms with Gasteiger partial charge in [0.25, 0.3) is 0 Å². The van der Waals surface area contributed by atoms with Gasteiger partial charge in [-0.1, -0.05) is 6.07 Å². The summed E-state index contributed by atoms with van der Waals surface area (Å²) >= 11 is 0. The van der Waals surface area contributed by atoms with E-state index in [-0.39, 0.29) is 11.9 Å². The molecule has 1 aliphatic rings. The third-order valence-corrected chi connectivity index (χ3v) is 3.76. The third kappa shape index (κ3) is 3.05.